The molecule has 1 aromatic heterocycles. The molecule has 0 spiro atoms. The van der Waals surface area contributed by atoms with Crippen molar-refractivity contribution in [3.8, 4) is 0 Å². The Morgan fingerprint density at radius 1 is 1.11 bits per heavy atom. The average Bonchev–Trinajstić information content (AvgIpc) is 2.65. The molecule has 0 aliphatic rings. The van der Waals surface area contributed by atoms with Gasteiger partial charge in [-0.1, -0.05) is 41.4 Å². The van der Waals surface area contributed by atoms with Gasteiger partial charge in [-0.25, -0.2) is 5.10 Å². The smallest absolute Gasteiger partial charge is 0.312 e. The lowest BCUT2D eigenvalue weighted by molar-refractivity contribution is -0.146. The monoisotopic (exact) mass is 405 g/mol. The molecule has 0 fully saturated rings. The zero-order valence-corrected chi connectivity index (χ0v) is 15.3. The minimum Gasteiger partial charge on any atom is -0.455 e. The summed E-state index contributed by atoms with van der Waals surface area (Å²) in [6.45, 7) is -0.487. The van der Waals surface area contributed by atoms with Gasteiger partial charge in [-0.2, -0.15) is 5.10 Å². The van der Waals surface area contributed by atoms with Gasteiger partial charge in [0.05, 0.1) is 28.2 Å². The largest absolute Gasteiger partial charge is 0.455 e. The SMILES string of the molecule is O=C(COC(=O)Cc1n[nH]c(=O)c2ccccc12)Nc1ccc(Cl)cc1Cl. The molecule has 1 amide bonds. The highest BCUT2D eigenvalue weighted by Crippen LogP contribution is 2.25. The first-order valence-corrected chi connectivity index (χ1v) is 8.56. The number of rotatable bonds is 5. The van der Waals surface area contributed by atoms with Gasteiger partial charge in [0.15, 0.2) is 6.61 Å². The van der Waals surface area contributed by atoms with E-state index in [9.17, 15) is 14.4 Å². The van der Waals surface area contributed by atoms with Crippen molar-refractivity contribution in [2.45, 2.75) is 6.42 Å². The first-order valence-electron chi connectivity index (χ1n) is 7.81. The molecular weight excluding hydrogens is 393 g/mol. The van der Waals surface area contributed by atoms with Crippen molar-refractivity contribution in [2.24, 2.45) is 0 Å². The second kappa shape index (κ2) is 8.20. The van der Waals surface area contributed by atoms with Crippen LogP contribution in [0.15, 0.2) is 47.3 Å². The third kappa shape index (κ3) is 4.64. The molecule has 0 unspecified atom stereocenters. The van der Waals surface area contributed by atoms with Crippen LogP contribution in [0, 0.1) is 0 Å². The van der Waals surface area contributed by atoms with Crippen molar-refractivity contribution in [2.75, 3.05) is 11.9 Å². The molecule has 0 saturated carbocycles. The fourth-order valence-electron chi connectivity index (χ4n) is 2.42. The standard InChI is InChI=1S/C18H13Cl2N3O4/c19-10-5-6-14(13(20)7-10)21-16(24)9-27-17(25)8-15-11-3-1-2-4-12(11)18(26)23-22-15/h1-7H,8-9H2,(H,21,24)(H,23,26). The van der Waals surface area contributed by atoms with Gasteiger partial charge in [-0.3, -0.25) is 14.4 Å². The van der Waals surface area contributed by atoms with E-state index in [-0.39, 0.29) is 17.0 Å². The number of halogens is 2. The summed E-state index contributed by atoms with van der Waals surface area (Å²) < 4.78 is 4.97. The maximum atomic E-state index is 12.0. The minimum absolute atomic E-state index is 0.188. The number of ether oxygens (including phenoxy) is 1. The number of nitrogens with zero attached hydrogens (tertiary/aromatic N) is 1. The number of carbonyl (C=O) groups is 2. The van der Waals surface area contributed by atoms with E-state index < -0.39 is 18.5 Å². The molecule has 9 heteroatoms. The van der Waals surface area contributed by atoms with Crippen molar-refractivity contribution in [3.63, 3.8) is 0 Å². The van der Waals surface area contributed by atoms with E-state index in [0.29, 0.717) is 27.2 Å². The van der Waals surface area contributed by atoms with Crippen molar-refractivity contribution >= 4 is 51.5 Å². The molecule has 0 bridgehead atoms. The van der Waals surface area contributed by atoms with E-state index in [2.05, 4.69) is 15.5 Å². The Labute approximate surface area is 163 Å². The van der Waals surface area contributed by atoms with E-state index in [1.807, 2.05) is 0 Å². The zero-order chi connectivity index (χ0) is 19.4. The summed E-state index contributed by atoms with van der Waals surface area (Å²) in [6.07, 6.45) is -0.188. The molecule has 1 heterocycles. The van der Waals surface area contributed by atoms with Gasteiger partial charge in [0.2, 0.25) is 0 Å². The predicted octanol–water partition coefficient (Wildman–Crippen LogP) is 2.95. The van der Waals surface area contributed by atoms with Crippen LogP contribution in [0.2, 0.25) is 10.0 Å². The lowest BCUT2D eigenvalue weighted by Gasteiger charge is -2.09. The number of aromatic nitrogens is 2. The van der Waals surface area contributed by atoms with Crippen molar-refractivity contribution < 1.29 is 14.3 Å². The molecule has 2 aromatic carbocycles. The van der Waals surface area contributed by atoms with E-state index in [4.69, 9.17) is 27.9 Å². The molecule has 138 valence electrons. The van der Waals surface area contributed by atoms with Gasteiger partial charge in [0, 0.05) is 10.4 Å². The van der Waals surface area contributed by atoms with Crippen molar-refractivity contribution in [3.05, 3.63) is 68.6 Å². The highest BCUT2D eigenvalue weighted by molar-refractivity contribution is 6.36. The van der Waals surface area contributed by atoms with Crippen LogP contribution >= 0.6 is 23.2 Å². The molecule has 0 radical (unpaired) electrons. The topological polar surface area (TPSA) is 101 Å². The molecule has 27 heavy (non-hydrogen) atoms. The third-order valence-electron chi connectivity index (χ3n) is 3.66. The molecule has 3 aromatic rings. The van der Waals surface area contributed by atoms with Gasteiger partial charge in [0.25, 0.3) is 11.5 Å². The normalized spacial score (nSPS) is 10.6. The fraction of sp³-hybridized carbons (Fsp3) is 0.111. The van der Waals surface area contributed by atoms with Gasteiger partial charge in [0.1, 0.15) is 0 Å². The number of nitrogens with one attached hydrogen (secondary N) is 2. The molecule has 0 aliphatic heterocycles. The molecule has 0 atom stereocenters. The van der Waals surface area contributed by atoms with Crippen LogP contribution in [0.5, 0.6) is 0 Å². The summed E-state index contributed by atoms with van der Waals surface area (Å²) in [5, 5.41) is 10.4. The number of benzene rings is 2. The number of hydrogen-bond acceptors (Lipinski definition) is 5. The second-order valence-electron chi connectivity index (χ2n) is 5.55. The van der Waals surface area contributed by atoms with Crippen LogP contribution in [-0.4, -0.2) is 28.7 Å². The van der Waals surface area contributed by atoms with Gasteiger partial charge in [-0.05, 0) is 24.3 Å². The van der Waals surface area contributed by atoms with Crippen LogP contribution in [-0.2, 0) is 20.7 Å². The van der Waals surface area contributed by atoms with Crippen LogP contribution in [0.4, 0.5) is 5.69 Å². The summed E-state index contributed by atoms with van der Waals surface area (Å²) in [5.74, 6) is -1.20. The number of hydrogen-bond donors (Lipinski definition) is 2. The number of anilines is 1. The maximum Gasteiger partial charge on any atom is 0.312 e. The van der Waals surface area contributed by atoms with E-state index >= 15 is 0 Å². The maximum absolute atomic E-state index is 12.0. The van der Waals surface area contributed by atoms with Crippen LogP contribution in [0.25, 0.3) is 10.8 Å². The van der Waals surface area contributed by atoms with Gasteiger partial charge < -0.3 is 10.1 Å². The number of esters is 1. The summed E-state index contributed by atoms with van der Waals surface area (Å²) in [4.78, 5) is 35.7. The van der Waals surface area contributed by atoms with Crippen LogP contribution in [0.3, 0.4) is 0 Å². The Bertz CT molecular complexity index is 1080. The molecule has 0 aliphatic carbocycles. The molecular formula is C18H13Cl2N3O4. The molecule has 3 rings (SSSR count). The summed E-state index contributed by atoms with van der Waals surface area (Å²) >= 11 is 11.8. The lowest BCUT2D eigenvalue weighted by Crippen LogP contribution is -2.22. The lowest BCUT2D eigenvalue weighted by atomic mass is 10.1. The number of H-pyrrole nitrogens is 1. The Balaban J connectivity index is 1.61. The van der Waals surface area contributed by atoms with Crippen molar-refractivity contribution in [1.29, 1.82) is 0 Å². The molecule has 0 saturated heterocycles. The summed E-state index contributed by atoms with van der Waals surface area (Å²) in [7, 11) is 0. The summed E-state index contributed by atoms with van der Waals surface area (Å²) in [6, 6.07) is 11.4. The third-order valence-corrected chi connectivity index (χ3v) is 4.20. The Morgan fingerprint density at radius 2 is 1.85 bits per heavy atom. The number of amides is 1. The minimum atomic E-state index is -0.656. The highest BCUT2D eigenvalue weighted by Gasteiger charge is 2.14. The fourth-order valence-corrected chi connectivity index (χ4v) is 2.87. The van der Waals surface area contributed by atoms with E-state index in [1.54, 1.807) is 36.4 Å². The predicted molar refractivity (Wildman–Crippen MR) is 102 cm³/mol. The first kappa shape index (κ1) is 18.9. The van der Waals surface area contributed by atoms with E-state index in [0.717, 1.165) is 0 Å². The number of aromatic amines is 1. The zero-order valence-electron chi connectivity index (χ0n) is 13.8. The molecule has 7 nitrogen and oxygen atoms in total. The Hall–Kier alpha value is -2.90. The van der Waals surface area contributed by atoms with Crippen molar-refractivity contribution in [1.82, 2.24) is 10.2 Å². The van der Waals surface area contributed by atoms with Gasteiger partial charge in [-0.15, -0.1) is 0 Å². The second-order valence-corrected chi connectivity index (χ2v) is 6.40. The number of carbonyl (C=O) groups excluding carboxylic acids is 2. The highest BCUT2D eigenvalue weighted by atomic mass is 35.5. The first-order chi connectivity index (χ1) is 12.9. The van der Waals surface area contributed by atoms with Gasteiger partial charge >= 0.3 is 5.97 Å². The average molecular weight is 406 g/mol. The molecule has 2 N–H and O–H groups in total. The quantitative estimate of drug-likeness (QED) is 0.635. The van der Waals surface area contributed by atoms with Crippen LogP contribution < -0.4 is 10.9 Å². The Kier molecular flexibility index (Phi) is 5.73. The van der Waals surface area contributed by atoms with E-state index in [1.165, 1.54) is 6.07 Å². The van der Waals surface area contributed by atoms with Crippen LogP contribution in [0.1, 0.15) is 5.69 Å². The summed E-state index contributed by atoms with van der Waals surface area (Å²) in [5.41, 5.74) is 0.369. The Morgan fingerprint density at radius 3 is 2.59 bits per heavy atom. The number of fused-ring (bicyclic) bond motifs is 1.